The number of nitrogens with zero attached hydrogens (tertiary/aromatic N) is 2. The van der Waals surface area contributed by atoms with Crippen molar-refractivity contribution in [3.8, 4) is 0 Å². The minimum Gasteiger partial charge on any atom is -0.466 e. The van der Waals surface area contributed by atoms with Crippen LogP contribution in [0.1, 0.15) is 18.2 Å². The summed E-state index contributed by atoms with van der Waals surface area (Å²) in [7, 11) is 4.33. The molecule has 5 nitrogen and oxygen atoms in total. The van der Waals surface area contributed by atoms with Crippen LogP contribution < -0.4 is 11.3 Å². The van der Waals surface area contributed by atoms with Crippen LogP contribution in [-0.4, -0.2) is 49.6 Å². The second kappa shape index (κ2) is 6.16. The molecule has 6 heteroatoms. The van der Waals surface area contributed by atoms with Gasteiger partial charge < -0.3 is 14.2 Å². The summed E-state index contributed by atoms with van der Waals surface area (Å²) in [6.45, 7) is 3.28. The molecule has 2 atom stereocenters. The first-order chi connectivity index (χ1) is 8.61. The van der Waals surface area contributed by atoms with Gasteiger partial charge in [0.15, 0.2) is 0 Å². The fourth-order valence-electron chi connectivity index (χ4n) is 2.43. The van der Waals surface area contributed by atoms with Gasteiger partial charge in [-0.15, -0.1) is 0 Å². The number of halogens is 1. The van der Waals surface area contributed by atoms with Gasteiger partial charge in [-0.05, 0) is 42.5 Å². The first-order valence-electron chi connectivity index (χ1n) is 6.19. The van der Waals surface area contributed by atoms with Crippen LogP contribution in [-0.2, 0) is 0 Å². The predicted octanol–water partition coefficient (Wildman–Crippen LogP) is 1.18. The molecule has 0 saturated carbocycles. The van der Waals surface area contributed by atoms with E-state index in [1.807, 2.05) is 6.07 Å². The summed E-state index contributed by atoms with van der Waals surface area (Å²) in [5.74, 6) is 6.54. The SMILES string of the molecule is CN1CCN(C)C(CC(NN)c2occc2Br)C1. The molecule has 2 rings (SSSR count). The first-order valence-corrected chi connectivity index (χ1v) is 6.99. The van der Waals surface area contributed by atoms with Gasteiger partial charge in [0.25, 0.3) is 0 Å². The summed E-state index contributed by atoms with van der Waals surface area (Å²) in [4.78, 5) is 4.75. The van der Waals surface area contributed by atoms with Gasteiger partial charge in [-0.25, -0.2) is 5.43 Å². The third-order valence-corrected chi connectivity index (χ3v) is 4.31. The molecule has 1 fully saturated rings. The number of nitrogens with two attached hydrogens (primary N) is 1. The topological polar surface area (TPSA) is 57.7 Å². The average molecular weight is 317 g/mol. The summed E-state index contributed by atoms with van der Waals surface area (Å²) < 4.78 is 6.47. The van der Waals surface area contributed by atoms with Gasteiger partial charge in [0.05, 0.1) is 16.8 Å². The predicted molar refractivity (Wildman–Crippen MR) is 75.0 cm³/mol. The van der Waals surface area contributed by atoms with E-state index in [0.29, 0.717) is 6.04 Å². The highest BCUT2D eigenvalue weighted by atomic mass is 79.9. The summed E-state index contributed by atoms with van der Waals surface area (Å²) in [6, 6.07) is 2.42. The van der Waals surface area contributed by atoms with Crippen molar-refractivity contribution in [3.05, 3.63) is 22.6 Å². The van der Waals surface area contributed by atoms with Gasteiger partial charge in [-0.1, -0.05) is 0 Å². The van der Waals surface area contributed by atoms with E-state index in [9.17, 15) is 0 Å². The van der Waals surface area contributed by atoms with E-state index in [4.69, 9.17) is 10.3 Å². The van der Waals surface area contributed by atoms with Crippen molar-refractivity contribution in [1.29, 1.82) is 0 Å². The van der Waals surface area contributed by atoms with Crippen LogP contribution in [0.4, 0.5) is 0 Å². The lowest BCUT2D eigenvalue weighted by atomic mass is 10.0. The maximum Gasteiger partial charge on any atom is 0.136 e. The number of hydrazine groups is 1. The second-order valence-electron chi connectivity index (χ2n) is 4.98. The largest absolute Gasteiger partial charge is 0.466 e. The van der Waals surface area contributed by atoms with Crippen LogP contribution in [0.2, 0.25) is 0 Å². The van der Waals surface area contributed by atoms with Crippen LogP contribution in [0.15, 0.2) is 21.2 Å². The Bertz CT molecular complexity index is 384. The van der Waals surface area contributed by atoms with Crippen molar-refractivity contribution in [2.45, 2.75) is 18.5 Å². The molecular weight excluding hydrogens is 296 g/mol. The fraction of sp³-hybridized carbons (Fsp3) is 0.667. The zero-order valence-corrected chi connectivity index (χ0v) is 12.5. The zero-order valence-electron chi connectivity index (χ0n) is 10.9. The minimum atomic E-state index is 0.0355. The molecule has 0 amide bonds. The van der Waals surface area contributed by atoms with E-state index in [0.717, 1.165) is 36.3 Å². The number of piperazine rings is 1. The summed E-state index contributed by atoms with van der Waals surface area (Å²) in [6.07, 6.45) is 2.61. The molecule has 3 N–H and O–H groups in total. The molecule has 1 aliphatic rings. The van der Waals surface area contributed by atoms with Gasteiger partial charge in [-0.3, -0.25) is 5.84 Å². The molecule has 1 aromatic heterocycles. The molecule has 0 bridgehead atoms. The summed E-state index contributed by atoms with van der Waals surface area (Å²) in [5, 5.41) is 0. The standard InChI is InChI=1S/C12H21BrN4O/c1-16-4-5-17(2)9(8-16)7-11(15-14)12-10(13)3-6-18-12/h3,6,9,11,15H,4-5,7-8,14H2,1-2H3. The van der Waals surface area contributed by atoms with E-state index in [-0.39, 0.29) is 6.04 Å². The smallest absolute Gasteiger partial charge is 0.136 e. The Labute approximate surface area is 116 Å². The Kier molecular flexibility index (Phi) is 4.80. The molecule has 1 aliphatic heterocycles. The quantitative estimate of drug-likeness (QED) is 0.645. The Morgan fingerprint density at radius 2 is 2.33 bits per heavy atom. The lowest BCUT2D eigenvalue weighted by Gasteiger charge is -2.39. The number of hydrogen-bond acceptors (Lipinski definition) is 5. The van der Waals surface area contributed by atoms with E-state index >= 15 is 0 Å². The molecule has 102 valence electrons. The lowest BCUT2D eigenvalue weighted by Crippen LogP contribution is -2.51. The molecule has 18 heavy (non-hydrogen) atoms. The van der Waals surface area contributed by atoms with Crippen molar-refractivity contribution in [2.24, 2.45) is 5.84 Å². The van der Waals surface area contributed by atoms with Crippen LogP contribution in [0, 0.1) is 0 Å². The van der Waals surface area contributed by atoms with Crippen molar-refractivity contribution >= 4 is 15.9 Å². The van der Waals surface area contributed by atoms with Crippen LogP contribution in [0.3, 0.4) is 0 Å². The van der Waals surface area contributed by atoms with E-state index in [1.54, 1.807) is 6.26 Å². The Hall–Kier alpha value is -0.400. The molecule has 0 radical (unpaired) electrons. The summed E-state index contributed by atoms with van der Waals surface area (Å²) in [5.41, 5.74) is 2.86. The third-order valence-electron chi connectivity index (χ3n) is 3.65. The number of furan rings is 1. The lowest BCUT2D eigenvalue weighted by molar-refractivity contribution is 0.0987. The molecule has 0 spiro atoms. The zero-order chi connectivity index (χ0) is 13.1. The van der Waals surface area contributed by atoms with Crippen molar-refractivity contribution < 1.29 is 4.42 Å². The third kappa shape index (κ3) is 3.13. The molecule has 2 unspecified atom stereocenters. The number of likely N-dealkylation sites (N-methyl/N-ethyl adjacent to an activating group) is 2. The molecule has 1 aromatic rings. The normalized spacial score (nSPS) is 24.3. The monoisotopic (exact) mass is 316 g/mol. The molecule has 1 saturated heterocycles. The van der Waals surface area contributed by atoms with Crippen LogP contribution >= 0.6 is 15.9 Å². The fourth-order valence-corrected chi connectivity index (χ4v) is 2.91. The molecule has 0 aromatic carbocycles. The number of nitrogens with one attached hydrogen (secondary N) is 1. The number of hydrogen-bond donors (Lipinski definition) is 2. The molecule has 0 aliphatic carbocycles. The minimum absolute atomic E-state index is 0.0355. The maximum atomic E-state index is 5.67. The number of rotatable bonds is 4. The van der Waals surface area contributed by atoms with Gasteiger partial charge in [0, 0.05) is 25.7 Å². The molecule has 2 heterocycles. The van der Waals surface area contributed by atoms with Gasteiger partial charge >= 0.3 is 0 Å². The van der Waals surface area contributed by atoms with E-state index < -0.39 is 0 Å². The Morgan fingerprint density at radius 1 is 1.56 bits per heavy atom. The second-order valence-corrected chi connectivity index (χ2v) is 5.84. The van der Waals surface area contributed by atoms with Gasteiger partial charge in [0.1, 0.15) is 5.76 Å². The maximum absolute atomic E-state index is 5.67. The van der Waals surface area contributed by atoms with Crippen molar-refractivity contribution in [2.75, 3.05) is 33.7 Å². The highest BCUT2D eigenvalue weighted by molar-refractivity contribution is 9.10. The van der Waals surface area contributed by atoms with E-state index in [1.165, 1.54) is 0 Å². The van der Waals surface area contributed by atoms with Crippen LogP contribution in [0.25, 0.3) is 0 Å². The van der Waals surface area contributed by atoms with Gasteiger partial charge in [0.2, 0.25) is 0 Å². The highest BCUT2D eigenvalue weighted by Crippen LogP contribution is 2.28. The molecular formula is C12H21BrN4O. The Balaban J connectivity index is 2.04. The summed E-state index contributed by atoms with van der Waals surface area (Å²) >= 11 is 3.49. The van der Waals surface area contributed by atoms with Crippen LogP contribution in [0.5, 0.6) is 0 Å². The van der Waals surface area contributed by atoms with E-state index in [2.05, 4.69) is 45.3 Å². The Morgan fingerprint density at radius 3 is 2.94 bits per heavy atom. The van der Waals surface area contributed by atoms with Gasteiger partial charge in [-0.2, -0.15) is 0 Å². The highest BCUT2D eigenvalue weighted by Gasteiger charge is 2.27. The van der Waals surface area contributed by atoms with Crippen molar-refractivity contribution in [1.82, 2.24) is 15.2 Å². The first kappa shape index (κ1) is 14.0. The van der Waals surface area contributed by atoms with Crippen molar-refractivity contribution in [3.63, 3.8) is 0 Å². The average Bonchev–Trinajstić information content (AvgIpc) is 2.77.